The Kier molecular flexibility index (Phi) is 4.42. The van der Waals surface area contributed by atoms with E-state index in [0.717, 1.165) is 18.5 Å². The molecule has 2 rings (SSSR count). The van der Waals surface area contributed by atoms with Gasteiger partial charge >= 0.3 is 5.97 Å². The largest absolute Gasteiger partial charge is 0.478 e. The van der Waals surface area contributed by atoms with Crippen LogP contribution in [0.25, 0.3) is 0 Å². The molecule has 0 radical (unpaired) electrons. The molecule has 0 saturated heterocycles. The van der Waals surface area contributed by atoms with Gasteiger partial charge in [0.1, 0.15) is 5.82 Å². The van der Waals surface area contributed by atoms with Crippen LogP contribution in [0.3, 0.4) is 0 Å². The summed E-state index contributed by atoms with van der Waals surface area (Å²) in [5.41, 5.74) is 9.18. The fourth-order valence-electron chi connectivity index (χ4n) is 2.25. The van der Waals surface area contributed by atoms with Crippen molar-refractivity contribution in [1.82, 2.24) is 4.98 Å². The molecule has 0 aliphatic heterocycles. The molecule has 0 amide bonds. The number of nitrogens with zero attached hydrogens (tertiary/aromatic N) is 1. The third-order valence-electron chi connectivity index (χ3n) is 3.42. The fraction of sp³-hybridized carbons (Fsp3) is 0.250. The van der Waals surface area contributed by atoms with E-state index in [1.54, 1.807) is 0 Å². The van der Waals surface area contributed by atoms with Crippen LogP contribution >= 0.6 is 0 Å². The smallest absolute Gasteiger partial charge is 0.337 e. The Bertz CT molecular complexity index is 646. The maximum Gasteiger partial charge on any atom is 0.337 e. The Morgan fingerprint density at radius 1 is 1.29 bits per heavy atom. The lowest BCUT2D eigenvalue weighted by atomic mass is 10.0. The van der Waals surface area contributed by atoms with Gasteiger partial charge in [-0.2, -0.15) is 0 Å². The van der Waals surface area contributed by atoms with Crippen molar-refractivity contribution in [3.05, 3.63) is 47.2 Å². The minimum absolute atomic E-state index is 0.0551. The van der Waals surface area contributed by atoms with Crippen LogP contribution in [0.4, 0.5) is 17.2 Å². The van der Waals surface area contributed by atoms with Crippen molar-refractivity contribution in [3.63, 3.8) is 0 Å². The van der Waals surface area contributed by atoms with Crippen LogP contribution in [0.15, 0.2) is 30.5 Å². The number of carbonyl (C=O) groups is 1. The van der Waals surface area contributed by atoms with E-state index in [1.807, 2.05) is 6.07 Å². The summed E-state index contributed by atoms with van der Waals surface area (Å²) in [5.74, 6) is -0.574. The first-order chi connectivity index (χ1) is 10.1. The van der Waals surface area contributed by atoms with Crippen LogP contribution in [0.5, 0.6) is 0 Å². The van der Waals surface area contributed by atoms with Crippen LogP contribution in [-0.4, -0.2) is 16.1 Å². The average Bonchev–Trinajstić information content (AvgIpc) is 2.49. The maximum absolute atomic E-state index is 11.1. The number of carboxylic acid groups (broad SMARTS) is 1. The highest BCUT2D eigenvalue weighted by Crippen LogP contribution is 2.26. The highest BCUT2D eigenvalue weighted by molar-refractivity contribution is 5.94. The van der Waals surface area contributed by atoms with Crippen molar-refractivity contribution >= 4 is 23.2 Å². The molecule has 5 heteroatoms. The molecule has 4 N–H and O–H groups in total. The summed E-state index contributed by atoms with van der Waals surface area (Å²) >= 11 is 0. The van der Waals surface area contributed by atoms with Crippen molar-refractivity contribution in [2.45, 2.75) is 26.7 Å². The van der Waals surface area contributed by atoms with Crippen LogP contribution in [0, 0.1) is 0 Å². The zero-order valence-electron chi connectivity index (χ0n) is 12.2. The number of pyridine rings is 1. The van der Waals surface area contributed by atoms with Gasteiger partial charge in [-0.25, -0.2) is 9.78 Å². The summed E-state index contributed by atoms with van der Waals surface area (Å²) in [6.07, 6.45) is 3.14. The monoisotopic (exact) mass is 285 g/mol. The fourth-order valence-corrected chi connectivity index (χ4v) is 2.25. The number of hydrogen-bond donors (Lipinski definition) is 3. The second-order valence-electron chi connectivity index (χ2n) is 4.75. The summed E-state index contributed by atoms with van der Waals surface area (Å²) in [7, 11) is 0. The number of aryl methyl sites for hydroxylation is 2. The van der Waals surface area contributed by atoms with Crippen LogP contribution in [-0.2, 0) is 12.8 Å². The summed E-state index contributed by atoms with van der Waals surface area (Å²) in [4.78, 5) is 15.3. The quantitative estimate of drug-likeness (QED) is 0.785. The van der Waals surface area contributed by atoms with Crippen molar-refractivity contribution in [1.29, 1.82) is 0 Å². The first-order valence-electron chi connectivity index (χ1n) is 6.93. The molecule has 1 aromatic heterocycles. The molecule has 0 aliphatic carbocycles. The number of hydrogen-bond acceptors (Lipinski definition) is 4. The normalized spacial score (nSPS) is 10.4. The molecule has 1 aromatic carbocycles. The van der Waals surface area contributed by atoms with Gasteiger partial charge in [0.25, 0.3) is 0 Å². The van der Waals surface area contributed by atoms with Gasteiger partial charge in [0.05, 0.1) is 17.4 Å². The third-order valence-corrected chi connectivity index (χ3v) is 3.42. The predicted octanol–water partition coefficient (Wildman–Crippen LogP) is 3.23. The zero-order chi connectivity index (χ0) is 15.4. The number of rotatable bonds is 5. The van der Waals surface area contributed by atoms with Gasteiger partial charge in [-0.1, -0.05) is 32.0 Å². The zero-order valence-corrected chi connectivity index (χ0v) is 12.2. The number of nitrogens with two attached hydrogens (primary N) is 1. The summed E-state index contributed by atoms with van der Waals surface area (Å²) in [6, 6.07) is 7.60. The lowest BCUT2D eigenvalue weighted by molar-refractivity contribution is 0.0698. The molecular weight excluding hydrogens is 266 g/mol. The molecular formula is C16H19N3O2. The van der Waals surface area contributed by atoms with Crippen molar-refractivity contribution in [2.75, 3.05) is 11.1 Å². The van der Waals surface area contributed by atoms with E-state index in [2.05, 4.69) is 36.3 Å². The molecule has 0 atom stereocenters. The van der Waals surface area contributed by atoms with Gasteiger partial charge in [0, 0.05) is 5.69 Å². The molecule has 1 heterocycles. The number of nitrogen functional groups attached to an aromatic ring is 1. The molecule has 0 spiro atoms. The number of nitrogens with one attached hydrogen (secondary N) is 1. The number of carboxylic acids is 1. The van der Waals surface area contributed by atoms with Gasteiger partial charge in [-0.15, -0.1) is 0 Å². The van der Waals surface area contributed by atoms with E-state index in [4.69, 9.17) is 10.8 Å². The predicted molar refractivity (Wildman–Crippen MR) is 84.1 cm³/mol. The Labute approximate surface area is 123 Å². The first kappa shape index (κ1) is 14.8. The second-order valence-corrected chi connectivity index (χ2v) is 4.75. The van der Waals surface area contributed by atoms with Gasteiger partial charge in [0.15, 0.2) is 0 Å². The number of aromatic carboxylic acids is 1. The highest BCUT2D eigenvalue weighted by Gasteiger charge is 2.12. The average molecular weight is 285 g/mol. The minimum Gasteiger partial charge on any atom is -0.478 e. The Hall–Kier alpha value is -2.56. The Morgan fingerprint density at radius 3 is 2.43 bits per heavy atom. The number of benzene rings is 1. The second kappa shape index (κ2) is 6.26. The van der Waals surface area contributed by atoms with Crippen molar-refractivity contribution < 1.29 is 9.90 Å². The first-order valence-corrected chi connectivity index (χ1v) is 6.93. The molecule has 0 saturated carbocycles. The summed E-state index contributed by atoms with van der Waals surface area (Å²) in [6.45, 7) is 4.16. The van der Waals surface area contributed by atoms with E-state index >= 15 is 0 Å². The number of aromatic nitrogens is 1. The molecule has 0 unspecified atom stereocenters. The minimum atomic E-state index is -1.06. The van der Waals surface area contributed by atoms with Crippen LogP contribution in [0.2, 0.25) is 0 Å². The van der Waals surface area contributed by atoms with Crippen molar-refractivity contribution in [2.24, 2.45) is 0 Å². The number of para-hydroxylation sites is 1. The molecule has 0 aliphatic rings. The molecule has 110 valence electrons. The Morgan fingerprint density at radius 2 is 1.90 bits per heavy atom. The maximum atomic E-state index is 11.1. The van der Waals surface area contributed by atoms with Crippen LogP contribution < -0.4 is 11.1 Å². The molecule has 0 bridgehead atoms. The molecule has 2 aromatic rings. The SMILES string of the molecule is CCc1cccc(CC)c1Nc1cc(C(=O)O)c(N)cn1. The molecule has 5 nitrogen and oxygen atoms in total. The standard InChI is InChI=1S/C16H19N3O2/c1-3-10-6-5-7-11(4-2)15(10)19-14-8-12(16(20)21)13(17)9-18-14/h5-9H,3-4,17H2,1-2H3,(H,18,19)(H,20,21). The van der Waals surface area contributed by atoms with E-state index < -0.39 is 5.97 Å². The van der Waals surface area contributed by atoms with E-state index in [0.29, 0.717) is 5.82 Å². The lowest BCUT2D eigenvalue weighted by Crippen LogP contribution is -2.06. The summed E-state index contributed by atoms with van der Waals surface area (Å²) in [5, 5.41) is 12.4. The van der Waals surface area contributed by atoms with Gasteiger partial charge in [-0.05, 0) is 30.0 Å². The third kappa shape index (κ3) is 3.13. The number of anilines is 3. The van der Waals surface area contributed by atoms with E-state index in [1.165, 1.54) is 23.4 Å². The lowest BCUT2D eigenvalue weighted by Gasteiger charge is -2.15. The van der Waals surface area contributed by atoms with E-state index in [9.17, 15) is 4.79 Å². The van der Waals surface area contributed by atoms with E-state index in [-0.39, 0.29) is 11.3 Å². The summed E-state index contributed by atoms with van der Waals surface area (Å²) < 4.78 is 0. The van der Waals surface area contributed by atoms with Gasteiger partial charge in [-0.3, -0.25) is 0 Å². The highest BCUT2D eigenvalue weighted by atomic mass is 16.4. The Balaban J connectivity index is 2.43. The topological polar surface area (TPSA) is 88.2 Å². The van der Waals surface area contributed by atoms with Gasteiger partial charge < -0.3 is 16.2 Å². The van der Waals surface area contributed by atoms with Crippen LogP contribution in [0.1, 0.15) is 35.3 Å². The van der Waals surface area contributed by atoms with Crippen molar-refractivity contribution in [3.8, 4) is 0 Å². The van der Waals surface area contributed by atoms with Gasteiger partial charge in [0.2, 0.25) is 0 Å². The molecule has 21 heavy (non-hydrogen) atoms. The molecule has 0 fully saturated rings.